The number of thiophene rings is 1. The molecule has 2 heterocycles. The first-order valence-corrected chi connectivity index (χ1v) is 10.6. The SMILES string of the molecule is O=C(Nc1ncc(Cc2ccc(Br)cc2)s1)c1sc2ccccc2c1Cl. The minimum Gasteiger partial charge on any atom is -0.297 e. The molecule has 0 aliphatic heterocycles. The molecule has 0 atom stereocenters. The van der Waals surface area contributed by atoms with Crippen LogP contribution < -0.4 is 5.32 Å². The highest BCUT2D eigenvalue weighted by atomic mass is 79.9. The average Bonchev–Trinajstić information content (AvgIpc) is 3.22. The van der Waals surface area contributed by atoms with Gasteiger partial charge in [-0.3, -0.25) is 10.1 Å². The zero-order valence-corrected chi connectivity index (χ0v) is 17.3. The molecule has 26 heavy (non-hydrogen) atoms. The Kier molecular flexibility index (Phi) is 5.09. The molecule has 0 aliphatic carbocycles. The highest BCUT2D eigenvalue weighted by Crippen LogP contribution is 2.35. The van der Waals surface area contributed by atoms with Crippen LogP contribution in [0.25, 0.3) is 10.1 Å². The van der Waals surface area contributed by atoms with Gasteiger partial charge in [0.05, 0.1) is 5.02 Å². The van der Waals surface area contributed by atoms with E-state index in [4.69, 9.17) is 11.6 Å². The lowest BCUT2D eigenvalue weighted by Crippen LogP contribution is -2.10. The van der Waals surface area contributed by atoms with Crippen LogP contribution in [-0.4, -0.2) is 10.9 Å². The summed E-state index contributed by atoms with van der Waals surface area (Å²) >= 11 is 12.7. The quantitative estimate of drug-likeness (QED) is 0.370. The van der Waals surface area contributed by atoms with Gasteiger partial charge in [0.15, 0.2) is 5.13 Å². The van der Waals surface area contributed by atoms with Gasteiger partial charge in [-0.15, -0.1) is 22.7 Å². The molecule has 0 unspecified atom stereocenters. The van der Waals surface area contributed by atoms with Crippen molar-refractivity contribution in [1.29, 1.82) is 0 Å². The topological polar surface area (TPSA) is 42.0 Å². The Hall–Kier alpha value is -1.73. The molecular formula is C19H12BrClN2OS2. The van der Waals surface area contributed by atoms with Gasteiger partial charge in [0, 0.05) is 32.1 Å². The number of fused-ring (bicyclic) bond motifs is 1. The lowest BCUT2D eigenvalue weighted by atomic mass is 10.1. The summed E-state index contributed by atoms with van der Waals surface area (Å²) in [6.45, 7) is 0. The number of rotatable bonds is 4. The van der Waals surface area contributed by atoms with Crippen LogP contribution in [0.15, 0.2) is 59.2 Å². The molecule has 0 aliphatic rings. The molecule has 0 radical (unpaired) electrons. The summed E-state index contributed by atoms with van der Waals surface area (Å²) in [6, 6.07) is 15.9. The summed E-state index contributed by atoms with van der Waals surface area (Å²) in [5.41, 5.74) is 1.20. The van der Waals surface area contributed by atoms with Crippen LogP contribution in [-0.2, 0) is 6.42 Å². The van der Waals surface area contributed by atoms with E-state index in [2.05, 4.69) is 38.4 Å². The average molecular weight is 464 g/mol. The van der Waals surface area contributed by atoms with Crippen molar-refractivity contribution in [1.82, 2.24) is 4.98 Å². The van der Waals surface area contributed by atoms with Crippen LogP contribution in [0.3, 0.4) is 0 Å². The standard InChI is InChI=1S/C19H12BrClN2OS2/c20-12-7-5-11(6-8-12)9-13-10-22-19(25-13)23-18(24)17-16(21)14-3-1-2-4-15(14)26-17/h1-8,10H,9H2,(H,22,23,24). The number of benzene rings is 2. The maximum Gasteiger partial charge on any atom is 0.269 e. The highest BCUT2D eigenvalue weighted by Gasteiger charge is 2.18. The van der Waals surface area contributed by atoms with Gasteiger partial charge in [0.1, 0.15) is 4.88 Å². The zero-order valence-electron chi connectivity index (χ0n) is 13.3. The van der Waals surface area contributed by atoms with Crippen molar-refractivity contribution in [3.63, 3.8) is 0 Å². The van der Waals surface area contributed by atoms with Gasteiger partial charge in [-0.1, -0.05) is 57.9 Å². The third-order valence-corrected chi connectivity index (χ3v) is 6.92. The minimum atomic E-state index is -0.222. The van der Waals surface area contributed by atoms with Crippen LogP contribution >= 0.6 is 50.2 Å². The third kappa shape index (κ3) is 3.69. The minimum absolute atomic E-state index is 0.222. The third-order valence-electron chi connectivity index (χ3n) is 3.81. The van der Waals surface area contributed by atoms with Gasteiger partial charge >= 0.3 is 0 Å². The lowest BCUT2D eigenvalue weighted by molar-refractivity contribution is 0.103. The molecule has 0 fully saturated rings. The Morgan fingerprint density at radius 2 is 1.88 bits per heavy atom. The van der Waals surface area contributed by atoms with Gasteiger partial charge in [-0.05, 0) is 23.8 Å². The number of aromatic nitrogens is 1. The van der Waals surface area contributed by atoms with Crippen LogP contribution in [0, 0.1) is 0 Å². The largest absolute Gasteiger partial charge is 0.297 e. The number of hydrogen-bond donors (Lipinski definition) is 1. The number of halogens is 2. The molecule has 2 aromatic heterocycles. The van der Waals surface area contributed by atoms with Crippen molar-refractivity contribution in [3.05, 3.63) is 79.5 Å². The van der Waals surface area contributed by atoms with E-state index < -0.39 is 0 Å². The van der Waals surface area contributed by atoms with E-state index in [1.54, 1.807) is 6.20 Å². The van der Waals surface area contributed by atoms with E-state index in [-0.39, 0.29) is 5.91 Å². The number of nitrogens with zero attached hydrogens (tertiary/aromatic N) is 1. The highest BCUT2D eigenvalue weighted by molar-refractivity contribution is 9.10. The Morgan fingerprint density at radius 3 is 2.65 bits per heavy atom. The number of anilines is 1. The maximum atomic E-state index is 12.6. The first kappa shape index (κ1) is 17.7. The van der Waals surface area contributed by atoms with E-state index in [0.717, 1.165) is 25.9 Å². The second-order valence-electron chi connectivity index (χ2n) is 5.63. The summed E-state index contributed by atoms with van der Waals surface area (Å²) in [6.07, 6.45) is 2.58. The summed E-state index contributed by atoms with van der Waals surface area (Å²) in [4.78, 5) is 18.5. The molecule has 130 valence electrons. The number of hydrogen-bond acceptors (Lipinski definition) is 4. The second-order valence-corrected chi connectivity index (χ2v) is 9.09. The fraction of sp³-hybridized carbons (Fsp3) is 0.0526. The molecule has 3 nitrogen and oxygen atoms in total. The van der Waals surface area contributed by atoms with Crippen LogP contribution in [0.5, 0.6) is 0 Å². The summed E-state index contributed by atoms with van der Waals surface area (Å²) in [7, 11) is 0. The molecule has 0 saturated heterocycles. The molecular weight excluding hydrogens is 452 g/mol. The molecule has 0 bridgehead atoms. The molecule has 1 amide bonds. The number of thiazole rings is 1. The van der Waals surface area contributed by atoms with Crippen molar-refractivity contribution in [3.8, 4) is 0 Å². The molecule has 4 rings (SSSR count). The van der Waals surface area contributed by atoms with Crippen molar-refractivity contribution >= 4 is 71.3 Å². The van der Waals surface area contributed by atoms with Crippen LogP contribution in [0.4, 0.5) is 5.13 Å². The Morgan fingerprint density at radius 1 is 1.12 bits per heavy atom. The second kappa shape index (κ2) is 7.48. The van der Waals surface area contributed by atoms with Gasteiger partial charge < -0.3 is 0 Å². The fourth-order valence-electron chi connectivity index (χ4n) is 2.56. The molecule has 7 heteroatoms. The number of amides is 1. The smallest absolute Gasteiger partial charge is 0.269 e. The van der Waals surface area contributed by atoms with Gasteiger partial charge in [0.25, 0.3) is 5.91 Å². The Bertz CT molecular complexity index is 1090. The van der Waals surface area contributed by atoms with E-state index in [1.807, 2.05) is 36.4 Å². The lowest BCUT2D eigenvalue weighted by Gasteiger charge is -2.00. The Balaban J connectivity index is 1.50. The van der Waals surface area contributed by atoms with E-state index >= 15 is 0 Å². The van der Waals surface area contributed by atoms with Crippen molar-refractivity contribution in [2.24, 2.45) is 0 Å². The monoisotopic (exact) mass is 462 g/mol. The normalized spacial score (nSPS) is 11.0. The molecule has 0 saturated carbocycles. The van der Waals surface area contributed by atoms with E-state index in [0.29, 0.717) is 15.0 Å². The molecule has 2 aromatic carbocycles. The van der Waals surface area contributed by atoms with E-state index in [9.17, 15) is 4.79 Å². The van der Waals surface area contributed by atoms with Crippen LogP contribution in [0.2, 0.25) is 5.02 Å². The predicted octanol–water partition coefficient (Wildman–Crippen LogP) is 6.62. The van der Waals surface area contributed by atoms with E-state index in [1.165, 1.54) is 28.2 Å². The zero-order chi connectivity index (χ0) is 18.1. The number of carbonyl (C=O) groups excluding carboxylic acids is 1. The number of carbonyl (C=O) groups is 1. The summed E-state index contributed by atoms with van der Waals surface area (Å²) < 4.78 is 2.05. The summed E-state index contributed by atoms with van der Waals surface area (Å²) in [5, 5.41) is 4.84. The molecule has 0 spiro atoms. The predicted molar refractivity (Wildman–Crippen MR) is 114 cm³/mol. The molecule has 1 N–H and O–H groups in total. The van der Waals surface area contributed by atoms with Crippen molar-refractivity contribution in [2.45, 2.75) is 6.42 Å². The first-order chi connectivity index (χ1) is 12.6. The van der Waals surface area contributed by atoms with Crippen molar-refractivity contribution in [2.75, 3.05) is 5.32 Å². The Labute approximate surface area is 171 Å². The first-order valence-electron chi connectivity index (χ1n) is 7.77. The maximum absolute atomic E-state index is 12.6. The number of nitrogens with one attached hydrogen (secondary N) is 1. The van der Waals surface area contributed by atoms with Crippen LogP contribution in [0.1, 0.15) is 20.1 Å². The van der Waals surface area contributed by atoms with Crippen molar-refractivity contribution < 1.29 is 4.79 Å². The van der Waals surface area contributed by atoms with Gasteiger partial charge in [-0.2, -0.15) is 0 Å². The van der Waals surface area contributed by atoms with Gasteiger partial charge in [0.2, 0.25) is 0 Å². The summed E-state index contributed by atoms with van der Waals surface area (Å²) in [5.74, 6) is -0.222. The van der Waals surface area contributed by atoms with Gasteiger partial charge in [-0.25, -0.2) is 4.98 Å². The molecule has 4 aromatic rings. The fourth-order valence-corrected chi connectivity index (χ4v) is 5.08.